The van der Waals surface area contributed by atoms with Crippen LogP contribution in [0.2, 0.25) is 0 Å². The summed E-state index contributed by atoms with van der Waals surface area (Å²) in [4.78, 5) is 0. The summed E-state index contributed by atoms with van der Waals surface area (Å²) in [6, 6.07) is 0. The van der Waals surface area contributed by atoms with Gasteiger partial charge in [0.05, 0.1) is 6.61 Å². The molecule has 2 aliphatic heterocycles. The van der Waals surface area contributed by atoms with Crippen molar-refractivity contribution in [3.63, 3.8) is 0 Å². The molecular weight excluding hydrogens is 200 g/mol. The van der Waals surface area contributed by atoms with Gasteiger partial charge in [-0.05, 0) is 50.0 Å². The lowest BCUT2D eigenvalue weighted by Gasteiger charge is -2.44. The molecule has 0 aromatic heterocycles. The molecule has 0 aromatic carbocycles. The lowest BCUT2D eigenvalue weighted by molar-refractivity contribution is -0.105. The summed E-state index contributed by atoms with van der Waals surface area (Å²) >= 11 is 0. The number of hydrogen-bond donors (Lipinski definition) is 0. The topological polar surface area (TPSA) is 18.5 Å². The van der Waals surface area contributed by atoms with Gasteiger partial charge in [-0.3, -0.25) is 0 Å². The van der Waals surface area contributed by atoms with E-state index in [0.29, 0.717) is 0 Å². The summed E-state index contributed by atoms with van der Waals surface area (Å²) in [6.45, 7) is 0.837. The van der Waals surface area contributed by atoms with Crippen molar-refractivity contribution >= 4 is 0 Å². The van der Waals surface area contributed by atoms with Gasteiger partial charge in [0.2, 0.25) is 0 Å². The first-order valence-electron chi connectivity index (χ1n) is 6.89. The van der Waals surface area contributed by atoms with E-state index in [0.717, 1.165) is 18.9 Å². The van der Waals surface area contributed by atoms with Gasteiger partial charge < -0.3 is 9.47 Å². The molecule has 0 aromatic rings. The zero-order valence-electron chi connectivity index (χ0n) is 9.84. The Kier molecular flexibility index (Phi) is 2.01. The van der Waals surface area contributed by atoms with Crippen molar-refractivity contribution in [1.82, 2.24) is 0 Å². The van der Waals surface area contributed by atoms with E-state index in [1.807, 2.05) is 0 Å². The largest absolute Gasteiger partial charge is 0.349 e. The Morgan fingerprint density at radius 3 is 3.06 bits per heavy atom. The zero-order chi connectivity index (χ0) is 10.6. The summed E-state index contributed by atoms with van der Waals surface area (Å²) in [5.74, 6) is 0.898. The van der Waals surface area contributed by atoms with Crippen LogP contribution >= 0.6 is 0 Å². The first-order chi connectivity index (χ1) is 7.87. The van der Waals surface area contributed by atoms with Crippen LogP contribution in [0.5, 0.6) is 0 Å². The quantitative estimate of drug-likeness (QED) is 0.584. The molecule has 0 amide bonds. The fraction of sp³-hybridized carbons (Fsp3) is 0.857. The van der Waals surface area contributed by atoms with Crippen LogP contribution in [0.3, 0.4) is 0 Å². The van der Waals surface area contributed by atoms with Crippen LogP contribution in [0, 0.1) is 5.92 Å². The molecule has 1 saturated carbocycles. The van der Waals surface area contributed by atoms with Crippen LogP contribution in [0.25, 0.3) is 0 Å². The van der Waals surface area contributed by atoms with Gasteiger partial charge in [-0.2, -0.15) is 0 Å². The third-order valence-electron chi connectivity index (χ3n) is 5.07. The summed E-state index contributed by atoms with van der Waals surface area (Å²) in [7, 11) is 0. The highest BCUT2D eigenvalue weighted by molar-refractivity contribution is 5.33. The first kappa shape index (κ1) is 9.67. The maximum absolute atomic E-state index is 6.16. The molecule has 2 aliphatic carbocycles. The fourth-order valence-electron chi connectivity index (χ4n) is 4.28. The molecule has 3 fully saturated rings. The highest BCUT2D eigenvalue weighted by Gasteiger charge is 2.51. The molecule has 4 aliphatic rings. The molecule has 3 atom stereocenters. The molecule has 0 N–H and O–H groups in total. The van der Waals surface area contributed by atoms with E-state index in [-0.39, 0.29) is 11.9 Å². The van der Waals surface area contributed by atoms with Crippen LogP contribution < -0.4 is 0 Å². The summed E-state index contributed by atoms with van der Waals surface area (Å²) in [6.07, 6.45) is 10.6. The van der Waals surface area contributed by atoms with E-state index in [1.54, 1.807) is 11.1 Å². The predicted molar refractivity (Wildman–Crippen MR) is 61.0 cm³/mol. The monoisotopic (exact) mass is 220 g/mol. The highest BCUT2D eigenvalue weighted by atomic mass is 16.7. The zero-order valence-corrected chi connectivity index (χ0v) is 9.84. The third-order valence-corrected chi connectivity index (χ3v) is 5.07. The van der Waals surface area contributed by atoms with E-state index in [2.05, 4.69) is 0 Å². The molecule has 2 saturated heterocycles. The number of allylic oxidation sites excluding steroid dienone is 1. The fourth-order valence-corrected chi connectivity index (χ4v) is 4.28. The third kappa shape index (κ3) is 1.20. The summed E-state index contributed by atoms with van der Waals surface area (Å²) in [5.41, 5.74) is 3.48. The molecule has 1 spiro atoms. The SMILES string of the molecule is C1CCC2CCC34COC(CCC3=C2C1)O4. The number of fused-ring (bicyclic) bond motifs is 2. The second-order valence-electron chi connectivity index (χ2n) is 5.88. The van der Waals surface area contributed by atoms with Crippen LogP contribution in [-0.4, -0.2) is 18.5 Å². The van der Waals surface area contributed by atoms with E-state index >= 15 is 0 Å². The molecule has 0 radical (unpaired) electrons. The van der Waals surface area contributed by atoms with Crippen molar-refractivity contribution in [3.8, 4) is 0 Å². The number of hydrogen-bond acceptors (Lipinski definition) is 2. The Morgan fingerprint density at radius 1 is 1.06 bits per heavy atom. The van der Waals surface area contributed by atoms with E-state index in [9.17, 15) is 0 Å². The second-order valence-corrected chi connectivity index (χ2v) is 5.88. The molecule has 2 heterocycles. The maximum atomic E-state index is 6.16. The van der Waals surface area contributed by atoms with Gasteiger partial charge in [-0.15, -0.1) is 0 Å². The van der Waals surface area contributed by atoms with Crippen molar-refractivity contribution in [3.05, 3.63) is 11.1 Å². The minimum Gasteiger partial charge on any atom is -0.349 e. The van der Waals surface area contributed by atoms with Gasteiger partial charge in [0.1, 0.15) is 5.60 Å². The normalized spacial score (nSPS) is 46.5. The van der Waals surface area contributed by atoms with Crippen molar-refractivity contribution in [2.45, 2.75) is 63.3 Å². The van der Waals surface area contributed by atoms with Gasteiger partial charge in [0, 0.05) is 6.42 Å². The van der Waals surface area contributed by atoms with Gasteiger partial charge in [0.15, 0.2) is 6.29 Å². The maximum Gasteiger partial charge on any atom is 0.159 e. The van der Waals surface area contributed by atoms with Crippen LogP contribution in [0.1, 0.15) is 51.4 Å². The molecule has 3 unspecified atom stereocenters. The van der Waals surface area contributed by atoms with Crippen molar-refractivity contribution in [1.29, 1.82) is 0 Å². The lowest BCUT2D eigenvalue weighted by Crippen LogP contribution is -2.43. The van der Waals surface area contributed by atoms with Gasteiger partial charge in [-0.25, -0.2) is 0 Å². The standard InChI is InChI=1S/C14H20O2/c1-2-4-11-10(3-1)7-8-14-9-15-13(16-14)6-5-12(11)14/h10,13H,1-9H2. The van der Waals surface area contributed by atoms with Gasteiger partial charge in [0.25, 0.3) is 0 Å². The van der Waals surface area contributed by atoms with Crippen LogP contribution in [-0.2, 0) is 9.47 Å². The van der Waals surface area contributed by atoms with Crippen molar-refractivity contribution < 1.29 is 9.47 Å². The molecule has 16 heavy (non-hydrogen) atoms. The second kappa shape index (κ2) is 3.33. The highest BCUT2D eigenvalue weighted by Crippen LogP contribution is 2.52. The molecular formula is C14H20O2. The van der Waals surface area contributed by atoms with Gasteiger partial charge >= 0.3 is 0 Å². The van der Waals surface area contributed by atoms with E-state index in [4.69, 9.17) is 9.47 Å². The lowest BCUT2D eigenvalue weighted by atomic mass is 9.67. The Hall–Kier alpha value is -0.340. The average molecular weight is 220 g/mol. The minimum atomic E-state index is 0.0338. The predicted octanol–water partition coefficient (Wildman–Crippen LogP) is 3.17. The molecule has 2 bridgehead atoms. The van der Waals surface area contributed by atoms with Gasteiger partial charge in [-0.1, -0.05) is 12.0 Å². The molecule has 4 rings (SSSR count). The van der Waals surface area contributed by atoms with Crippen molar-refractivity contribution in [2.75, 3.05) is 6.61 Å². The summed E-state index contributed by atoms with van der Waals surface area (Å²) < 4.78 is 11.9. The van der Waals surface area contributed by atoms with Crippen LogP contribution in [0.15, 0.2) is 11.1 Å². The van der Waals surface area contributed by atoms with Crippen molar-refractivity contribution in [2.24, 2.45) is 5.92 Å². The molecule has 2 nitrogen and oxygen atoms in total. The van der Waals surface area contributed by atoms with E-state index in [1.165, 1.54) is 44.9 Å². The Bertz CT molecular complexity index is 347. The first-order valence-corrected chi connectivity index (χ1v) is 6.89. The Morgan fingerprint density at radius 2 is 2.06 bits per heavy atom. The minimum absolute atomic E-state index is 0.0338. The average Bonchev–Trinajstić information content (AvgIpc) is 2.65. The number of rotatable bonds is 0. The Labute approximate surface area is 97.0 Å². The Balaban J connectivity index is 1.78. The van der Waals surface area contributed by atoms with E-state index < -0.39 is 0 Å². The smallest absolute Gasteiger partial charge is 0.159 e. The van der Waals surface area contributed by atoms with Crippen LogP contribution in [0.4, 0.5) is 0 Å². The summed E-state index contributed by atoms with van der Waals surface area (Å²) in [5, 5.41) is 0. The number of ether oxygens (including phenoxy) is 2. The molecule has 88 valence electrons. The molecule has 2 heteroatoms.